The van der Waals surface area contributed by atoms with Crippen molar-refractivity contribution in [1.82, 2.24) is 5.32 Å². The second-order valence-electron chi connectivity index (χ2n) is 6.89. The highest BCUT2D eigenvalue weighted by Crippen LogP contribution is 2.35. The third kappa shape index (κ3) is 3.58. The minimum atomic E-state index is 0.621. The minimum absolute atomic E-state index is 0.621. The van der Waals surface area contributed by atoms with Crippen molar-refractivity contribution in [2.75, 3.05) is 6.54 Å². The van der Waals surface area contributed by atoms with E-state index in [0.717, 1.165) is 12.3 Å². The molecular weight excluding hydrogens is 254 g/mol. The molecule has 0 saturated heterocycles. The topological polar surface area (TPSA) is 12.0 Å². The molecule has 2 aliphatic carbocycles. The molecular formula is C20H29N. The molecule has 2 aliphatic rings. The zero-order valence-corrected chi connectivity index (χ0v) is 13.2. The smallest absolute Gasteiger partial charge is 0.0142 e. The van der Waals surface area contributed by atoms with Crippen molar-refractivity contribution in [2.24, 2.45) is 5.92 Å². The van der Waals surface area contributed by atoms with Gasteiger partial charge in [-0.3, -0.25) is 0 Å². The van der Waals surface area contributed by atoms with Crippen LogP contribution in [0.15, 0.2) is 36.9 Å². The van der Waals surface area contributed by atoms with Crippen LogP contribution in [0, 0.1) is 5.92 Å². The molecule has 1 aromatic carbocycles. The second kappa shape index (κ2) is 7.26. The normalized spacial score (nSPS) is 26.3. The summed E-state index contributed by atoms with van der Waals surface area (Å²) < 4.78 is 0. The first kappa shape index (κ1) is 14.8. The van der Waals surface area contributed by atoms with Gasteiger partial charge in [-0.15, -0.1) is 6.58 Å². The predicted octanol–water partition coefficient (Wildman–Crippen LogP) is 4.83. The van der Waals surface area contributed by atoms with Crippen molar-refractivity contribution in [2.45, 2.75) is 63.3 Å². The average molecular weight is 283 g/mol. The number of aryl methyl sites for hydroxylation is 1. The van der Waals surface area contributed by atoms with E-state index in [2.05, 4.69) is 42.2 Å². The van der Waals surface area contributed by atoms with Gasteiger partial charge in [0.2, 0.25) is 0 Å². The minimum Gasteiger partial charge on any atom is -0.313 e. The number of hydrogen-bond donors (Lipinski definition) is 1. The van der Waals surface area contributed by atoms with E-state index in [9.17, 15) is 0 Å². The Labute approximate surface area is 129 Å². The van der Waals surface area contributed by atoms with E-state index < -0.39 is 0 Å². The SMILES string of the molecule is C=CCC1c2ccccc2CCC1NCC1CCCCC1. The van der Waals surface area contributed by atoms with Gasteiger partial charge in [-0.05, 0) is 55.7 Å². The highest BCUT2D eigenvalue weighted by Gasteiger charge is 2.28. The van der Waals surface area contributed by atoms with Crippen LogP contribution in [-0.2, 0) is 6.42 Å². The van der Waals surface area contributed by atoms with Crippen LogP contribution in [0.5, 0.6) is 0 Å². The van der Waals surface area contributed by atoms with E-state index >= 15 is 0 Å². The van der Waals surface area contributed by atoms with Gasteiger partial charge < -0.3 is 5.32 Å². The Morgan fingerprint density at radius 2 is 1.90 bits per heavy atom. The molecule has 1 saturated carbocycles. The molecule has 1 fully saturated rings. The zero-order valence-electron chi connectivity index (χ0n) is 13.2. The lowest BCUT2D eigenvalue weighted by molar-refractivity contribution is 0.302. The molecule has 0 heterocycles. The van der Waals surface area contributed by atoms with Gasteiger partial charge >= 0.3 is 0 Å². The summed E-state index contributed by atoms with van der Waals surface area (Å²) in [4.78, 5) is 0. The van der Waals surface area contributed by atoms with E-state index in [1.807, 2.05) is 0 Å². The van der Waals surface area contributed by atoms with E-state index in [1.54, 1.807) is 11.1 Å². The van der Waals surface area contributed by atoms with Gasteiger partial charge in [0.15, 0.2) is 0 Å². The molecule has 21 heavy (non-hydrogen) atoms. The summed E-state index contributed by atoms with van der Waals surface area (Å²) in [6.45, 7) is 5.21. The van der Waals surface area contributed by atoms with Gasteiger partial charge in [0.1, 0.15) is 0 Å². The molecule has 2 unspecified atom stereocenters. The van der Waals surface area contributed by atoms with Crippen LogP contribution in [0.1, 0.15) is 62.0 Å². The Hall–Kier alpha value is -1.08. The summed E-state index contributed by atoms with van der Waals surface area (Å²) >= 11 is 0. The number of allylic oxidation sites excluding steroid dienone is 1. The molecule has 0 radical (unpaired) electrons. The molecule has 0 spiro atoms. The third-order valence-corrected chi connectivity index (χ3v) is 5.48. The number of nitrogens with one attached hydrogen (secondary N) is 1. The lowest BCUT2D eigenvalue weighted by atomic mass is 9.77. The van der Waals surface area contributed by atoms with Crippen molar-refractivity contribution in [1.29, 1.82) is 0 Å². The molecule has 0 aliphatic heterocycles. The molecule has 3 rings (SSSR count). The summed E-state index contributed by atoms with van der Waals surface area (Å²) in [5.74, 6) is 1.54. The molecule has 0 amide bonds. The number of hydrogen-bond acceptors (Lipinski definition) is 1. The van der Waals surface area contributed by atoms with Crippen LogP contribution >= 0.6 is 0 Å². The Morgan fingerprint density at radius 1 is 1.10 bits per heavy atom. The number of benzene rings is 1. The Balaban J connectivity index is 1.65. The largest absolute Gasteiger partial charge is 0.313 e. The van der Waals surface area contributed by atoms with E-state index in [0.29, 0.717) is 12.0 Å². The van der Waals surface area contributed by atoms with Gasteiger partial charge in [0.25, 0.3) is 0 Å². The van der Waals surface area contributed by atoms with Crippen molar-refractivity contribution < 1.29 is 0 Å². The molecule has 1 heteroatoms. The lowest BCUT2D eigenvalue weighted by Gasteiger charge is -2.35. The van der Waals surface area contributed by atoms with Gasteiger partial charge in [0, 0.05) is 12.0 Å². The lowest BCUT2D eigenvalue weighted by Crippen LogP contribution is -2.41. The first-order valence-electron chi connectivity index (χ1n) is 8.80. The van der Waals surface area contributed by atoms with Crippen molar-refractivity contribution >= 4 is 0 Å². The summed E-state index contributed by atoms with van der Waals surface area (Å²) in [5.41, 5.74) is 3.12. The van der Waals surface area contributed by atoms with Crippen LogP contribution in [0.4, 0.5) is 0 Å². The first-order chi connectivity index (χ1) is 10.4. The maximum absolute atomic E-state index is 3.98. The summed E-state index contributed by atoms with van der Waals surface area (Å²) in [5, 5.41) is 3.92. The molecule has 114 valence electrons. The van der Waals surface area contributed by atoms with E-state index in [-0.39, 0.29) is 0 Å². The fraction of sp³-hybridized carbons (Fsp3) is 0.600. The highest BCUT2D eigenvalue weighted by atomic mass is 14.9. The summed E-state index contributed by atoms with van der Waals surface area (Å²) in [7, 11) is 0. The molecule has 0 aromatic heterocycles. The predicted molar refractivity (Wildman–Crippen MR) is 90.7 cm³/mol. The third-order valence-electron chi connectivity index (χ3n) is 5.48. The standard InChI is InChI=1S/C20H29N/c1-2-8-19-18-12-7-6-11-17(18)13-14-20(19)21-15-16-9-4-3-5-10-16/h2,6-7,11-12,16,19-21H,1,3-5,8-10,13-15H2. The Kier molecular flexibility index (Phi) is 5.13. The second-order valence-corrected chi connectivity index (χ2v) is 6.89. The van der Waals surface area contributed by atoms with Gasteiger partial charge in [-0.1, -0.05) is 49.6 Å². The average Bonchev–Trinajstić information content (AvgIpc) is 2.55. The van der Waals surface area contributed by atoms with Gasteiger partial charge in [0.05, 0.1) is 0 Å². The zero-order chi connectivity index (χ0) is 14.5. The number of rotatable bonds is 5. The maximum Gasteiger partial charge on any atom is 0.0142 e. The monoisotopic (exact) mass is 283 g/mol. The van der Waals surface area contributed by atoms with Gasteiger partial charge in [-0.25, -0.2) is 0 Å². The van der Waals surface area contributed by atoms with Gasteiger partial charge in [-0.2, -0.15) is 0 Å². The van der Waals surface area contributed by atoms with Crippen LogP contribution in [0.25, 0.3) is 0 Å². The van der Waals surface area contributed by atoms with E-state index in [4.69, 9.17) is 0 Å². The molecule has 1 nitrogen and oxygen atoms in total. The summed E-state index contributed by atoms with van der Waals surface area (Å²) in [6.07, 6.45) is 12.9. The Bertz CT molecular complexity index is 459. The van der Waals surface area contributed by atoms with E-state index in [1.165, 1.54) is 51.5 Å². The van der Waals surface area contributed by atoms with Crippen molar-refractivity contribution in [3.05, 3.63) is 48.0 Å². The highest BCUT2D eigenvalue weighted by molar-refractivity contribution is 5.34. The molecule has 0 bridgehead atoms. The van der Waals surface area contributed by atoms with Crippen molar-refractivity contribution in [3.8, 4) is 0 Å². The maximum atomic E-state index is 3.98. The molecule has 1 aromatic rings. The fourth-order valence-electron chi connectivity index (χ4n) is 4.28. The first-order valence-corrected chi connectivity index (χ1v) is 8.80. The quantitative estimate of drug-likeness (QED) is 0.763. The van der Waals surface area contributed by atoms with Crippen LogP contribution in [-0.4, -0.2) is 12.6 Å². The van der Waals surface area contributed by atoms with Crippen LogP contribution in [0.2, 0.25) is 0 Å². The molecule has 1 N–H and O–H groups in total. The number of fused-ring (bicyclic) bond motifs is 1. The molecule has 2 atom stereocenters. The van der Waals surface area contributed by atoms with Crippen LogP contribution in [0.3, 0.4) is 0 Å². The van der Waals surface area contributed by atoms with Crippen molar-refractivity contribution in [3.63, 3.8) is 0 Å². The Morgan fingerprint density at radius 3 is 2.71 bits per heavy atom. The fourth-order valence-corrected chi connectivity index (χ4v) is 4.28. The summed E-state index contributed by atoms with van der Waals surface area (Å²) in [6, 6.07) is 9.65. The van der Waals surface area contributed by atoms with Crippen LogP contribution < -0.4 is 5.32 Å².